The quantitative estimate of drug-likeness (QED) is 0.567. The number of aromatic nitrogens is 1. The molecule has 0 spiro atoms. The van der Waals surface area contributed by atoms with Crippen LogP contribution in [0.5, 0.6) is 5.75 Å². The maximum atomic E-state index is 5.45. The van der Waals surface area contributed by atoms with Gasteiger partial charge >= 0.3 is 0 Å². The molecule has 4 nitrogen and oxygen atoms in total. The topological polar surface area (TPSA) is 37.4 Å². The summed E-state index contributed by atoms with van der Waals surface area (Å²) in [6.07, 6.45) is 2.57. The third kappa shape index (κ3) is 5.04. The normalized spacial score (nSPS) is 15.5. The number of benzene rings is 2. The Labute approximate surface area is 177 Å². The first kappa shape index (κ1) is 20.1. The summed E-state index contributed by atoms with van der Waals surface area (Å²) in [7, 11) is 1.73. The van der Waals surface area contributed by atoms with Gasteiger partial charge in [-0.3, -0.25) is 4.90 Å². The van der Waals surface area contributed by atoms with Gasteiger partial charge in [-0.2, -0.15) is 0 Å². The fraction of sp³-hybridized carbons (Fsp3) is 0.375. The highest BCUT2D eigenvalue weighted by atomic mass is 32.1. The van der Waals surface area contributed by atoms with E-state index in [2.05, 4.69) is 65.0 Å². The van der Waals surface area contributed by atoms with E-state index in [1.54, 1.807) is 18.4 Å². The number of thiazole rings is 1. The Morgan fingerprint density at radius 1 is 1.14 bits per heavy atom. The van der Waals surface area contributed by atoms with Gasteiger partial charge in [0.25, 0.3) is 0 Å². The molecule has 1 N–H and O–H groups in total. The van der Waals surface area contributed by atoms with Gasteiger partial charge in [0.15, 0.2) is 0 Å². The fourth-order valence-electron chi connectivity index (χ4n) is 3.91. The molecular weight excluding hydrogens is 378 g/mol. The molecule has 5 heteroatoms. The molecule has 4 rings (SSSR count). The molecule has 3 aromatic rings. The largest absolute Gasteiger partial charge is 0.497 e. The predicted octanol–water partition coefficient (Wildman–Crippen LogP) is 5.05. The van der Waals surface area contributed by atoms with Crippen molar-refractivity contribution in [2.45, 2.75) is 32.4 Å². The van der Waals surface area contributed by atoms with Crippen LogP contribution in [0.1, 0.15) is 35.7 Å². The van der Waals surface area contributed by atoms with Crippen LogP contribution < -0.4 is 10.1 Å². The van der Waals surface area contributed by atoms with Crippen molar-refractivity contribution < 1.29 is 4.74 Å². The predicted molar refractivity (Wildman–Crippen MR) is 121 cm³/mol. The van der Waals surface area contributed by atoms with Crippen molar-refractivity contribution in [1.82, 2.24) is 15.2 Å². The molecule has 1 saturated heterocycles. The van der Waals surface area contributed by atoms with Crippen LogP contribution in [0, 0.1) is 6.92 Å². The lowest BCUT2D eigenvalue weighted by atomic mass is 10.0. The number of likely N-dealkylation sites (tertiary alicyclic amines) is 1. The van der Waals surface area contributed by atoms with Crippen molar-refractivity contribution in [3.63, 3.8) is 0 Å². The average molecular weight is 408 g/mol. The van der Waals surface area contributed by atoms with Crippen molar-refractivity contribution in [3.8, 4) is 16.3 Å². The number of nitrogens with one attached hydrogen (secondary N) is 1. The molecule has 152 valence electrons. The highest BCUT2D eigenvalue weighted by Crippen LogP contribution is 2.28. The van der Waals surface area contributed by atoms with E-state index < -0.39 is 0 Å². The summed E-state index contributed by atoms with van der Waals surface area (Å²) in [5.74, 6) is 0.925. The van der Waals surface area contributed by atoms with E-state index in [0.717, 1.165) is 42.6 Å². The van der Waals surface area contributed by atoms with Gasteiger partial charge in [-0.15, -0.1) is 11.3 Å². The zero-order chi connectivity index (χ0) is 20.1. The SMILES string of the molecule is COc1cccc(C(CNCc2csc(-c3ccc(C)cc3)n2)N2CCCC2)c1. The molecule has 0 aliphatic carbocycles. The minimum atomic E-state index is 0.364. The zero-order valence-corrected chi connectivity index (χ0v) is 18.0. The van der Waals surface area contributed by atoms with Gasteiger partial charge < -0.3 is 10.1 Å². The number of aryl methyl sites for hydroxylation is 1. The molecule has 1 aromatic heterocycles. The number of ether oxygens (including phenoxy) is 1. The molecule has 0 bridgehead atoms. The number of hydrogen-bond acceptors (Lipinski definition) is 5. The van der Waals surface area contributed by atoms with E-state index in [9.17, 15) is 0 Å². The molecule has 1 unspecified atom stereocenters. The average Bonchev–Trinajstić information content (AvgIpc) is 3.44. The first-order chi connectivity index (χ1) is 14.2. The van der Waals surface area contributed by atoms with Crippen LogP contribution in [0.4, 0.5) is 0 Å². The molecule has 1 fully saturated rings. The second-order valence-corrected chi connectivity index (χ2v) is 8.53. The van der Waals surface area contributed by atoms with Crippen molar-refractivity contribution in [2.75, 3.05) is 26.7 Å². The summed E-state index contributed by atoms with van der Waals surface area (Å²) in [5, 5.41) is 6.90. The lowest BCUT2D eigenvalue weighted by Gasteiger charge is -2.28. The number of hydrogen-bond donors (Lipinski definition) is 1. The van der Waals surface area contributed by atoms with Gasteiger partial charge in [0.2, 0.25) is 0 Å². The van der Waals surface area contributed by atoms with Gasteiger partial charge in [0, 0.05) is 30.1 Å². The molecule has 1 aliphatic heterocycles. The van der Waals surface area contributed by atoms with Crippen LogP contribution in [0.25, 0.3) is 10.6 Å². The minimum Gasteiger partial charge on any atom is -0.497 e. The van der Waals surface area contributed by atoms with Gasteiger partial charge in [0.05, 0.1) is 12.8 Å². The second kappa shape index (κ2) is 9.53. The number of nitrogens with zero attached hydrogens (tertiary/aromatic N) is 2. The molecule has 29 heavy (non-hydrogen) atoms. The summed E-state index contributed by atoms with van der Waals surface area (Å²) >= 11 is 1.72. The van der Waals surface area contributed by atoms with Gasteiger partial charge in [0.1, 0.15) is 10.8 Å². The van der Waals surface area contributed by atoms with Crippen molar-refractivity contribution in [2.24, 2.45) is 0 Å². The van der Waals surface area contributed by atoms with Crippen LogP contribution in [-0.2, 0) is 6.54 Å². The Bertz CT molecular complexity index is 916. The third-order valence-corrected chi connectivity index (χ3v) is 6.49. The van der Waals surface area contributed by atoms with E-state index >= 15 is 0 Å². The maximum absolute atomic E-state index is 5.45. The summed E-state index contributed by atoms with van der Waals surface area (Å²) < 4.78 is 5.45. The zero-order valence-electron chi connectivity index (χ0n) is 17.2. The van der Waals surface area contributed by atoms with E-state index in [4.69, 9.17) is 9.72 Å². The summed E-state index contributed by atoms with van der Waals surface area (Å²) in [5.41, 5.74) is 4.89. The van der Waals surface area contributed by atoms with Crippen LogP contribution in [0.2, 0.25) is 0 Å². The van der Waals surface area contributed by atoms with Crippen LogP contribution in [-0.4, -0.2) is 36.6 Å². The molecule has 1 aliphatic rings. The minimum absolute atomic E-state index is 0.364. The summed E-state index contributed by atoms with van der Waals surface area (Å²) in [6.45, 7) is 6.14. The highest BCUT2D eigenvalue weighted by molar-refractivity contribution is 7.13. The smallest absolute Gasteiger partial charge is 0.123 e. The second-order valence-electron chi connectivity index (χ2n) is 7.68. The number of rotatable bonds is 8. The van der Waals surface area contributed by atoms with Gasteiger partial charge in [-0.1, -0.05) is 42.0 Å². The van der Waals surface area contributed by atoms with Gasteiger partial charge in [-0.25, -0.2) is 4.98 Å². The highest BCUT2D eigenvalue weighted by Gasteiger charge is 2.23. The fourth-order valence-corrected chi connectivity index (χ4v) is 4.74. The molecule has 0 amide bonds. The molecule has 1 atom stereocenters. The van der Waals surface area contributed by atoms with Gasteiger partial charge in [-0.05, 0) is 50.6 Å². The Kier molecular flexibility index (Phi) is 6.60. The Morgan fingerprint density at radius 3 is 2.69 bits per heavy atom. The first-order valence-electron chi connectivity index (χ1n) is 10.3. The number of methoxy groups -OCH3 is 1. The van der Waals surface area contributed by atoms with E-state index in [0.29, 0.717) is 6.04 Å². The molecule has 2 aromatic carbocycles. The van der Waals surface area contributed by atoms with Crippen molar-refractivity contribution in [1.29, 1.82) is 0 Å². The Hall–Kier alpha value is -2.21. The van der Waals surface area contributed by atoms with E-state index in [-0.39, 0.29) is 0 Å². The standard InChI is InChI=1S/C24H29N3OS/c1-18-8-10-19(11-9-18)24-26-21(17-29-24)15-25-16-23(27-12-3-4-13-27)20-6-5-7-22(14-20)28-2/h5-11,14,17,23,25H,3-4,12-13,15-16H2,1-2H3. The molecular formula is C24H29N3OS. The van der Waals surface area contributed by atoms with E-state index in [1.807, 2.05) is 6.07 Å². The van der Waals surface area contributed by atoms with E-state index in [1.165, 1.54) is 29.5 Å². The lowest BCUT2D eigenvalue weighted by Crippen LogP contribution is -2.34. The Morgan fingerprint density at radius 2 is 1.93 bits per heavy atom. The first-order valence-corrected chi connectivity index (χ1v) is 11.2. The van der Waals surface area contributed by atoms with Crippen LogP contribution >= 0.6 is 11.3 Å². The van der Waals surface area contributed by atoms with Crippen molar-refractivity contribution in [3.05, 3.63) is 70.7 Å². The van der Waals surface area contributed by atoms with Crippen LogP contribution in [0.3, 0.4) is 0 Å². The monoisotopic (exact) mass is 407 g/mol. The Balaban J connectivity index is 1.41. The maximum Gasteiger partial charge on any atom is 0.123 e. The molecule has 2 heterocycles. The summed E-state index contributed by atoms with van der Waals surface area (Å²) in [4.78, 5) is 7.41. The van der Waals surface area contributed by atoms with Crippen molar-refractivity contribution >= 4 is 11.3 Å². The third-order valence-electron chi connectivity index (χ3n) is 5.55. The van der Waals surface area contributed by atoms with Crippen LogP contribution in [0.15, 0.2) is 53.9 Å². The molecule has 0 saturated carbocycles. The molecule has 0 radical (unpaired) electrons. The summed E-state index contributed by atoms with van der Waals surface area (Å²) in [6, 6.07) is 17.4. The lowest BCUT2D eigenvalue weighted by molar-refractivity contribution is 0.237.